The molecular formula is C17H30N2O. The number of likely N-dealkylation sites (tertiary alicyclic amines) is 1. The first-order valence-electron chi connectivity index (χ1n) is 8.70. The molecule has 0 radical (unpaired) electrons. The largest absolute Gasteiger partial charge is 0.341 e. The van der Waals surface area contributed by atoms with Crippen molar-refractivity contribution in [2.75, 3.05) is 13.1 Å². The molecule has 1 N–H and O–H groups in total. The predicted octanol–water partition coefficient (Wildman–Crippen LogP) is 2.80. The molecule has 0 spiro atoms. The van der Waals surface area contributed by atoms with Gasteiger partial charge in [0.25, 0.3) is 0 Å². The summed E-state index contributed by atoms with van der Waals surface area (Å²) in [6.45, 7) is 6.58. The normalized spacial score (nSPS) is 35.4. The summed E-state index contributed by atoms with van der Waals surface area (Å²) in [5.41, 5.74) is 0. The van der Waals surface area contributed by atoms with Crippen molar-refractivity contribution < 1.29 is 4.79 Å². The Hall–Kier alpha value is -0.570. The standard InChI is InChI=1S/C17H30N2O/c1-12(2)13-7-9-19(10-8-13)17(20)16-11-14-5-3-4-6-15(14)18-16/h12-16,18H,3-11H2,1-2H3. The molecule has 0 aromatic rings. The number of hydrogen-bond donors (Lipinski definition) is 1. The molecule has 0 aromatic heterocycles. The van der Waals surface area contributed by atoms with Crippen molar-refractivity contribution in [2.24, 2.45) is 17.8 Å². The Morgan fingerprint density at radius 2 is 1.80 bits per heavy atom. The molecule has 2 saturated heterocycles. The van der Waals surface area contributed by atoms with Crippen LogP contribution in [0.4, 0.5) is 0 Å². The second-order valence-corrected chi connectivity index (χ2v) is 7.51. The van der Waals surface area contributed by atoms with E-state index >= 15 is 0 Å². The summed E-state index contributed by atoms with van der Waals surface area (Å²) in [5.74, 6) is 2.74. The zero-order valence-corrected chi connectivity index (χ0v) is 13.1. The lowest BCUT2D eigenvalue weighted by atomic mass is 9.84. The summed E-state index contributed by atoms with van der Waals surface area (Å²) < 4.78 is 0. The maximum Gasteiger partial charge on any atom is 0.239 e. The summed E-state index contributed by atoms with van der Waals surface area (Å²) in [5, 5.41) is 3.63. The third-order valence-corrected chi connectivity index (χ3v) is 5.95. The lowest BCUT2D eigenvalue weighted by Gasteiger charge is -2.35. The molecule has 3 rings (SSSR count). The van der Waals surface area contributed by atoms with Crippen molar-refractivity contribution in [3.05, 3.63) is 0 Å². The van der Waals surface area contributed by atoms with Gasteiger partial charge in [-0.15, -0.1) is 0 Å². The lowest BCUT2D eigenvalue weighted by molar-refractivity contribution is -0.134. The number of amides is 1. The SMILES string of the molecule is CC(C)C1CCN(C(=O)C2CC3CCCCC3N2)CC1. The molecule has 20 heavy (non-hydrogen) atoms. The highest BCUT2D eigenvalue weighted by molar-refractivity contribution is 5.82. The number of hydrogen-bond acceptors (Lipinski definition) is 2. The fourth-order valence-corrected chi connectivity index (χ4v) is 4.52. The molecule has 2 aliphatic heterocycles. The van der Waals surface area contributed by atoms with Crippen LogP contribution in [-0.4, -0.2) is 36.0 Å². The summed E-state index contributed by atoms with van der Waals surface area (Å²) >= 11 is 0. The number of nitrogens with one attached hydrogen (secondary N) is 1. The Balaban J connectivity index is 1.52. The molecule has 3 nitrogen and oxygen atoms in total. The van der Waals surface area contributed by atoms with E-state index in [-0.39, 0.29) is 6.04 Å². The van der Waals surface area contributed by atoms with E-state index in [1.807, 2.05) is 0 Å². The third-order valence-electron chi connectivity index (χ3n) is 5.95. The summed E-state index contributed by atoms with van der Waals surface area (Å²) in [6.07, 6.45) is 8.80. The Labute approximate surface area is 123 Å². The zero-order valence-electron chi connectivity index (χ0n) is 13.1. The minimum atomic E-state index is 0.124. The number of carbonyl (C=O) groups excluding carboxylic acids is 1. The van der Waals surface area contributed by atoms with E-state index < -0.39 is 0 Å². The maximum atomic E-state index is 12.7. The Morgan fingerprint density at radius 1 is 1.10 bits per heavy atom. The molecular weight excluding hydrogens is 248 g/mol. The molecule has 1 saturated carbocycles. The van der Waals surface area contributed by atoms with Crippen LogP contribution >= 0.6 is 0 Å². The molecule has 3 aliphatic rings. The van der Waals surface area contributed by atoms with Crippen molar-refractivity contribution in [2.45, 2.75) is 70.9 Å². The van der Waals surface area contributed by atoms with Crippen LogP contribution in [0.2, 0.25) is 0 Å². The van der Waals surface area contributed by atoms with Crippen LogP contribution in [0.5, 0.6) is 0 Å². The predicted molar refractivity (Wildman–Crippen MR) is 81.4 cm³/mol. The van der Waals surface area contributed by atoms with Gasteiger partial charge in [0.05, 0.1) is 6.04 Å². The minimum Gasteiger partial charge on any atom is -0.341 e. The Bertz CT molecular complexity index is 333. The molecule has 1 amide bonds. The van der Waals surface area contributed by atoms with Gasteiger partial charge in [0.1, 0.15) is 0 Å². The first-order chi connectivity index (χ1) is 9.65. The van der Waals surface area contributed by atoms with Crippen LogP contribution in [-0.2, 0) is 4.79 Å². The van der Waals surface area contributed by atoms with Crippen molar-refractivity contribution in [1.29, 1.82) is 0 Å². The van der Waals surface area contributed by atoms with Crippen LogP contribution in [0.3, 0.4) is 0 Å². The van der Waals surface area contributed by atoms with Gasteiger partial charge in [-0.25, -0.2) is 0 Å². The van der Waals surface area contributed by atoms with E-state index in [0.717, 1.165) is 37.3 Å². The first-order valence-corrected chi connectivity index (χ1v) is 8.70. The smallest absolute Gasteiger partial charge is 0.239 e. The van der Waals surface area contributed by atoms with E-state index in [9.17, 15) is 4.79 Å². The summed E-state index contributed by atoms with van der Waals surface area (Å²) in [6, 6.07) is 0.754. The molecule has 3 heteroatoms. The van der Waals surface area contributed by atoms with E-state index in [2.05, 4.69) is 24.1 Å². The molecule has 3 atom stereocenters. The van der Waals surface area contributed by atoms with Gasteiger partial charge in [-0.2, -0.15) is 0 Å². The van der Waals surface area contributed by atoms with Gasteiger partial charge < -0.3 is 10.2 Å². The average Bonchev–Trinajstić information content (AvgIpc) is 2.90. The van der Waals surface area contributed by atoms with Gasteiger partial charge in [-0.3, -0.25) is 4.79 Å². The molecule has 3 unspecified atom stereocenters. The van der Waals surface area contributed by atoms with Crippen molar-refractivity contribution in [1.82, 2.24) is 10.2 Å². The maximum absolute atomic E-state index is 12.7. The first kappa shape index (κ1) is 14.4. The molecule has 114 valence electrons. The molecule has 0 aromatic carbocycles. The molecule has 1 aliphatic carbocycles. The number of nitrogens with zero attached hydrogens (tertiary/aromatic N) is 1. The highest BCUT2D eigenvalue weighted by atomic mass is 16.2. The Kier molecular flexibility index (Phi) is 4.34. The van der Waals surface area contributed by atoms with E-state index in [0.29, 0.717) is 11.9 Å². The quantitative estimate of drug-likeness (QED) is 0.842. The van der Waals surface area contributed by atoms with Crippen LogP contribution in [0, 0.1) is 17.8 Å². The van der Waals surface area contributed by atoms with Gasteiger partial charge in [-0.05, 0) is 49.9 Å². The summed E-state index contributed by atoms with van der Waals surface area (Å²) in [7, 11) is 0. The third kappa shape index (κ3) is 2.88. The van der Waals surface area contributed by atoms with Crippen molar-refractivity contribution in [3.8, 4) is 0 Å². The van der Waals surface area contributed by atoms with Crippen LogP contribution in [0.15, 0.2) is 0 Å². The van der Waals surface area contributed by atoms with E-state index in [4.69, 9.17) is 0 Å². The number of piperidine rings is 1. The topological polar surface area (TPSA) is 32.3 Å². The van der Waals surface area contributed by atoms with Gasteiger partial charge in [0.2, 0.25) is 5.91 Å². The van der Waals surface area contributed by atoms with Gasteiger partial charge in [0, 0.05) is 19.1 Å². The van der Waals surface area contributed by atoms with Gasteiger partial charge in [0.15, 0.2) is 0 Å². The molecule has 0 bridgehead atoms. The highest BCUT2D eigenvalue weighted by Crippen LogP contribution is 2.34. The van der Waals surface area contributed by atoms with Gasteiger partial charge in [-0.1, -0.05) is 26.7 Å². The number of carbonyl (C=O) groups is 1. The van der Waals surface area contributed by atoms with Crippen molar-refractivity contribution >= 4 is 5.91 Å². The lowest BCUT2D eigenvalue weighted by Crippen LogP contribution is -2.48. The fourth-order valence-electron chi connectivity index (χ4n) is 4.52. The zero-order chi connectivity index (χ0) is 14.1. The van der Waals surface area contributed by atoms with Crippen LogP contribution < -0.4 is 5.32 Å². The van der Waals surface area contributed by atoms with Crippen LogP contribution in [0.1, 0.15) is 58.8 Å². The highest BCUT2D eigenvalue weighted by Gasteiger charge is 2.40. The average molecular weight is 278 g/mol. The Morgan fingerprint density at radius 3 is 2.45 bits per heavy atom. The monoisotopic (exact) mass is 278 g/mol. The summed E-state index contributed by atoms with van der Waals surface area (Å²) in [4.78, 5) is 14.8. The van der Waals surface area contributed by atoms with E-state index in [1.165, 1.54) is 38.5 Å². The minimum absolute atomic E-state index is 0.124. The molecule has 3 fully saturated rings. The van der Waals surface area contributed by atoms with Crippen molar-refractivity contribution in [3.63, 3.8) is 0 Å². The second-order valence-electron chi connectivity index (χ2n) is 7.51. The fraction of sp³-hybridized carbons (Fsp3) is 0.941. The number of fused-ring (bicyclic) bond motifs is 1. The second kappa shape index (κ2) is 6.05. The number of rotatable bonds is 2. The van der Waals surface area contributed by atoms with E-state index in [1.54, 1.807) is 0 Å². The van der Waals surface area contributed by atoms with Crippen LogP contribution in [0.25, 0.3) is 0 Å². The van der Waals surface area contributed by atoms with Gasteiger partial charge >= 0.3 is 0 Å². The molecule has 2 heterocycles.